The molecule has 2 aromatic rings. The molecule has 0 radical (unpaired) electrons. The summed E-state index contributed by atoms with van der Waals surface area (Å²) in [5, 5.41) is 10.5. The van der Waals surface area contributed by atoms with Crippen molar-refractivity contribution in [2.75, 3.05) is 7.11 Å². The fourth-order valence-electron chi connectivity index (χ4n) is 4.14. The van der Waals surface area contributed by atoms with Gasteiger partial charge >= 0.3 is 5.97 Å². The summed E-state index contributed by atoms with van der Waals surface area (Å²) in [6.45, 7) is 2.02. The average Bonchev–Trinajstić information content (AvgIpc) is 3.34. The molecule has 0 saturated heterocycles. The first-order chi connectivity index (χ1) is 14.9. The van der Waals surface area contributed by atoms with Crippen LogP contribution in [0.5, 0.6) is 5.75 Å². The van der Waals surface area contributed by atoms with E-state index in [1.807, 2.05) is 12.1 Å². The van der Waals surface area contributed by atoms with Gasteiger partial charge < -0.3 is 19.0 Å². The van der Waals surface area contributed by atoms with Crippen molar-refractivity contribution in [2.45, 2.75) is 44.7 Å². The number of nitrogens with zero attached hydrogens (tertiary/aromatic N) is 2. The molecule has 2 heterocycles. The number of carbonyl (C=O) groups is 1. The Labute approximate surface area is 183 Å². The highest BCUT2D eigenvalue weighted by Crippen LogP contribution is 2.41. The third-order valence-corrected chi connectivity index (χ3v) is 5.96. The molecule has 0 N–H and O–H groups in total. The largest absolute Gasteiger partial charge is 0.424 e. The second-order valence-electron chi connectivity index (χ2n) is 7.58. The van der Waals surface area contributed by atoms with Crippen molar-refractivity contribution in [3.05, 3.63) is 68.0 Å². The number of esters is 1. The van der Waals surface area contributed by atoms with E-state index >= 15 is 0 Å². The van der Waals surface area contributed by atoms with Gasteiger partial charge in [0.1, 0.15) is 12.2 Å². The van der Waals surface area contributed by atoms with E-state index < -0.39 is 29.2 Å². The van der Waals surface area contributed by atoms with Gasteiger partial charge in [0.15, 0.2) is 5.75 Å². The lowest BCUT2D eigenvalue weighted by atomic mass is 10.00. The van der Waals surface area contributed by atoms with Crippen molar-refractivity contribution in [3.8, 4) is 5.75 Å². The zero-order chi connectivity index (χ0) is 22.1. The number of ether oxygens (including phenoxy) is 3. The Balaban J connectivity index is 1.54. The van der Waals surface area contributed by atoms with Gasteiger partial charge in [-0.15, -0.1) is 10.1 Å². The molecule has 10 heteroatoms. The summed E-state index contributed by atoms with van der Waals surface area (Å²) >= 11 is 5.98. The molecule has 2 aliphatic rings. The number of hydrogen-bond acceptors (Lipinski definition) is 8. The third-order valence-electron chi connectivity index (χ3n) is 5.71. The molecular formula is C21H21ClN2O7. The molecule has 1 aromatic heterocycles. The SMILES string of the molecule is CO[C@H]1C[C@@H](C(=O)Oc2c(C)ncc3c2COC3c2ccc(Cl)cc2)C[C@@H]1O[N+](=O)[O-]. The molecule has 1 fully saturated rings. The van der Waals surface area contributed by atoms with Crippen LogP contribution >= 0.6 is 11.6 Å². The first kappa shape index (κ1) is 21.5. The van der Waals surface area contributed by atoms with Crippen LogP contribution in [0.3, 0.4) is 0 Å². The Morgan fingerprint density at radius 3 is 2.65 bits per heavy atom. The number of benzene rings is 1. The lowest BCUT2D eigenvalue weighted by Crippen LogP contribution is -2.27. The van der Waals surface area contributed by atoms with E-state index in [-0.39, 0.29) is 25.6 Å². The van der Waals surface area contributed by atoms with Crippen LogP contribution in [0.1, 0.15) is 41.3 Å². The number of rotatable bonds is 6. The van der Waals surface area contributed by atoms with Crippen LogP contribution in [0.15, 0.2) is 30.5 Å². The maximum atomic E-state index is 12.9. The lowest BCUT2D eigenvalue weighted by Gasteiger charge is -2.15. The molecule has 1 saturated carbocycles. The van der Waals surface area contributed by atoms with Gasteiger partial charge in [-0.2, -0.15) is 0 Å². The molecule has 0 bridgehead atoms. The number of carbonyl (C=O) groups excluding carboxylic acids is 1. The van der Waals surface area contributed by atoms with Gasteiger partial charge in [-0.1, -0.05) is 23.7 Å². The minimum atomic E-state index is -0.864. The van der Waals surface area contributed by atoms with Crippen LogP contribution in [0.25, 0.3) is 0 Å². The van der Waals surface area contributed by atoms with Crippen molar-refractivity contribution in [2.24, 2.45) is 5.92 Å². The highest BCUT2D eigenvalue weighted by Gasteiger charge is 2.42. The van der Waals surface area contributed by atoms with Crippen LogP contribution in [0.4, 0.5) is 0 Å². The number of aromatic nitrogens is 1. The molecule has 4 atom stereocenters. The molecule has 1 aromatic carbocycles. The number of fused-ring (bicyclic) bond motifs is 1. The van der Waals surface area contributed by atoms with Crippen LogP contribution in [0, 0.1) is 23.0 Å². The van der Waals surface area contributed by atoms with Crippen molar-refractivity contribution < 1.29 is 28.9 Å². The first-order valence-corrected chi connectivity index (χ1v) is 10.2. The number of aryl methyl sites for hydroxylation is 1. The Morgan fingerprint density at radius 1 is 1.26 bits per heavy atom. The van der Waals surface area contributed by atoms with Crippen molar-refractivity contribution >= 4 is 17.6 Å². The molecule has 0 amide bonds. The van der Waals surface area contributed by atoms with Crippen LogP contribution in [0.2, 0.25) is 5.02 Å². The van der Waals surface area contributed by atoms with E-state index in [1.165, 1.54) is 7.11 Å². The van der Waals surface area contributed by atoms with E-state index in [0.29, 0.717) is 16.5 Å². The number of hydrogen-bond donors (Lipinski definition) is 0. The van der Waals surface area contributed by atoms with Gasteiger partial charge in [0, 0.05) is 29.5 Å². The second kappa shape index (κ2) is 8.78. The van der Waals surface area contributed by atoms with Crippen molar-refractivity contribution in [3.63, 3.8) is 0 Å². The summed E-state index contributed by atoms with van der Waals surface area (Å²) in [4.78, 5) is 32.6. The molecule has 31 heavy (non-hydrogen) atoms. The molecule has 1 aliphatic carbocycles. The second-order valence-corrected chi connectivity index (χ2v) is 8.02. The van der Waals surface area contributed by atoms with E-state index in [2.05, 4.69) is 9.82 Å². The third kappa shape index (κ3) is 4.34. The first-order valence-electron chi connectivity index (χ1n) is 9.78. The zero-order valence-electron chi connectivity index (χ0n) is 16.9. The smallest absolute Gasteiger partial charge is 0.314 e. The fourth-order valence-corrected chi connectivity index (χ4v) is 4.26. The summed E-state index contributed by atoms with van der Waals surface area (Å²) in [7, 11) is 1.43. The Hall–Kier alpha value is -2.75. The summed E-state index contributed by atoms with van der Waals surface area (Å²) in [5.41, 5.74) is 3.07. The Bertz CT molecular complexity index is 998. The topological polar surface area (TPSA) is 110 Å². The van der Waals surface area contributed by atoms with Crippen LogP contribution in [-0.4, -0.2) is 35.4 Å². The van der Waals surface area contributed by atoms with E-state index in [0.717, 1.165) is 16.7 Å². The molecule has 1 aliphatic heterocycles. The molecule has 164 valence electrons. The number of methoxy groups -OCH3 is 1. The zero-order valence-corrected chi connectivity index (χ0v) is 17.7. The van der Waals surface area contributed by atoms with Gasteiger partial charge in [-0.3, -0.25) is 9.78 Å². The quantitative estimate of drug-likeness (QED) is 0.374. The Morgan fingerprint density at radius 2 is 1.97 bits per heavy atom. The van der Waals surface area contributed by atoms with Gasteiger partial charge in [0.25, 0.3) is 5.09 Å². The molecule has 1 unspecified atom stereocenters. The number of pyridine rings is 1. The summed E-state index contributed by atoms with van der Waals surface area (Å²) in [5.74, 6) is -0.712. The Kier molecular flexibility index (Phi) is 6.08. The highest BCUT2D eigenvalue weighted by atomic mass is 35.5. The number of halogens is 1. The van der Waals surface area contributed by atoms with Gasteiger partial charge in [-0.05, 0) is 37.5 Å². The fraction of sp³-hybridized carbons (Fsp3) is 0.429. The molecule has 9 nitrogen and oxygen atoms in total. The van der Waals surface area contributed by atoms with Crippen LogP contribution < -0.4 is 4.74 Å². The summed E-state index contributed by atoms with van der Waals surface area (Å²) < 4.78 is 16.9. The van der Waals surface area contributed by atoms with Crippen molar-refractivity contribution in [1.82, 2.24) is 4.98 Å². The van der Waals surface area contributed by atoms with E-state index in [9.17, 15) is 14.9 Å². The summed E-state index contributed by atoms with van der Waals surface area (Å²) in [6.07, 6.45) is 0.450. The van der Waals surface area contributed by atoms with Crippen molar-refractivity contribution in [1.29, 1.82) is 0 Å². The van der Waals surface area contributed by atoms with Gasteiger partial charge in [0.05, 0.1) is 24.3 Å². The minimum absolute atomic E-state index is 0.143. The monoisotopic (exact) mass is 448 g/mol. The van der Waals surface area contributed by atoms with E-state index in [4.69, 9.17) is 25.8 Å². The normalized spacial score (nSPS) is 24.6. The summed E-state index contributed by atoms with van der Waals surface area (Å²) in [6, 6.07) is 7.34. The van der Waals surface area contributed by atoms with Gasteiger partial charge in [0.2, 0.25) is 0 Å². The standard InChI is InChI=1S/C21H21ClN2O7/c1-11-19(30-21(25)13-7-17(28-2)18(8-13)31-24(26)27)16-10-29-20(15(16)9-23-11)12-3-5-14(22)6-4-12/h3-6,9,13,17-18,20H,7-8,10H2,1-2H3/t13-,17+,18+,20?/m1/s1. The predicted molar refractivity (Wildman–Crippen MR) is 108 cm³/mol. The molecular weight excluding hydrogens is 428 g/mol. The maximum absolute atomic E-state index is 12.9. The maximum Gasteiger partial charge on any atom is 0.314 e. The minimum Gasteiger partial charge on any atom is -0.424 e. The average molecular weight is 449 g/mol. The predicted octanol–water partition coefficient (Wildman–Crippen LogP) is 3.57. The van der Waals surface area contributed by atoms with Crippen LogP contribution in [-0.2, 0) is 25.7 Å². The highest BCUT2D eigenvalue weighted by molar-refractivity contribution is 6.30. The van der Waals surface area contributed by atoms with Gasteiger partial charge in [-0.25, -0.2) is 0 Å². The lowest BCUT2D eigenvalue weighted by molar-refractivity contribution is -0.770. The molecule has 0 spiro atoms. The molecule has 4 rings (SSSR count). The van der Waals surface area contributed by atoms with E-state index in [1.54, 1.807) is 25.3 Å².